The maximum Gasteiger partial charge on any atom is 0.308 e. The number of aromatic nitrogens is 1. The minimum Gasteiger partial charge on any atom is -0.481 e. The third-order valence-electron chi connectivity index (χ3n) is 2.28. The third-order valence-corrected chi connectivity index (χ3v) is 2.28. The average Bonchev–Trinajstić information content (AvgIpc) is 2.76. The van der Waals surface area contributed by atoms with E-state index in [-0.39, 0.29) is 18.2 Å². The standard InChI is InChI=1S/C11H16N2O4/c1-7(2)5-8(11(15)16)6-12-10(14)9-3-4-17-13-9/h3-4,7-8H,5-6H2,1-2H3,(H,12,14)(H,15,16). The predicted molar refractivity (Wildman–Crippen MR) is 59.4 cm³/mol. The molecular formula is C11H16N2O4. The highest BCUT2D eigenvalue weighted by Gasteiger charge is 2.20. The molecule has 6 heteroatoms. The third kappa shape index (κ3) is 4.26. The molecule has 1 aromatic rings. The van der Waals surface area contributed by atoms with Crippen molar-refractivity contribution in [1.29, 1.82) is 0 Å². The van der Waals surface area contributed by atoms with Crippen LogP contribution < -0.4 is 5.32 Å². The zero-order valence-corrected chi connectivity index (χ0v) is 9.84. The quantitative estimate of drug-likeness (QED) is 0.778. The number of hydrogen-bond acceptors (Lipinski definition) is 4. The lowest BCUT2D eigenvalue weighted by Gasteiger charge is -2.14. The number of carboxylic acid groups (broad SMARTS) is 1. The number of carbonyl (C=O) groups excluding carboxylic acids is 1. The summed E-state index contributed by atoms with van der Waals surface area (Å²) in [6.45, 7) is 3.98. The number of carboxylic acids is 1. The van der Waals surface area contributed by atoms with Gasteiger partial charge < -0.3 is 14.9 Å². The van der Waals surface area contributed by atoms with Gasteiger partial charge in [-0.15, -0.1) is 0 Å². The van der Waals surface area contributed by atoms with Crippen LogP contribution in [-0.4, -0.2) is 28.7 Å². The summed E-state index contributed by atoms with van der Waals surface area (Å²) < 4.78 is 4.53. The second-order valence-electron chi connectivity index (χ2n) is 4.26. The molecule has 0 bridgehead atoms. The van der Waals surface area contributed by atoms with E-state index in [1.54, 1.807) is 0 Å². The number of hydrogen-bond donors (Lipinski definition) is 2. The molecule has 0 fully saturated rings. The molecule has 2 N–H and O–H groups in total. The van der Waals surface area contributed by atoms with E-state index >= 15 is 0 Å². The van der Waals surface area contributed by atoms with Gasteiger partial charge in [-0.25, -0.2) is 0 Å². The molecule has 0 aliphatic rings. The van der Waals surface area contributed by atoms with Crippen molar-refractivity contribution >= 4 is 11.9 Å². The van der Waals surface area contributed by atoms with Crippen LogP contribution in [0.3, 0.4) is 0 Å². The molecule has 94 valence electrons. The van der Waals surface area contributed by atoms with Crippen LogP contribution in [0.2, 0.25) is 0 Å². The van der Waals surface area contributed by atoms with Gasteiger partial charge in [-0.2, -0.15) is 0 Å². The molecule has 1 rings (SSSR count). The Balaban J connectivity index is 2.47. The van der Waals surface area contributed by atoms with Crippen LogP contribution in [0.4, 0.5) is 0 Å². The molecule has 0 aliphatic heterocycles. The molecule has 0 radical (unpaired) electrons. The Morgan fingerprint density at radius 1 is 1.53 bits per heavy atom. The van der Waals surface area contributed by atoms with Gasteiger partial charge in [0.25, 0.3) is 5.91 Å². The van der Waals surface area contributed by atoms with Crippen LogP contribution in [0.15, 0.2) is 16.9 Å². The SMILES string of the molecule is CC(C)CC(CNC(=O)c1ccon1)C(=O)O. The van der Waals surface area contributed by atoms with Crippen LogP contribution in [0.5, 0.6) is 0 Å². The molecule has 0 saturated carbocycles. The first-order valence-electron chi connectivity index (χ1n) is 5.42. The van der Waals surface area contributed by atoms with Crippen LogP contribution in [0.1, 0.15) is 30.8 Å². The summed E-state index contributed by atoms with van der Waals surface area (Å²) in [6.07, 6.45) is 1.81. The van der Waals surface area contributed by atoms with E-state index in [1.165, 1.54) is 12.3 Å². The van der Waals surface area contributed by atoms with E-state index in [4.69, 9.17) is 5.11 Å². The first-order valence-corrected chi connectivity index (χ1v) is 5.42. The molecule has 1 amide bonds. The van der Waals surface area contributed by atoms with Gasteiger partial charge in [0.2, 0.25) is 0 Å². The van der Waals surface area contributed by atoms with Gasteiger partial charge in [-0.1, -0.05) is 19.0 Å². The lowest BCUT2D eigenvalue weighted by molar-refractivity contribution is -0.142. The molecular weight excluding hydrogens is 224 g/mol. The molecule has 17 heavy (non-hydrogen) atoms. The van der Waals surface area contributed by atoms with Gasteiger partial charge in [0.1, 0.15) is 6.26 Å². The van der Waals surface area contributed by atoms with Gasteiger partial charge in [0, 0.05) is 12.6 Å². The fourth-order valence-electron chi connectivity index (χ4n) is 1.48. The summed E-state index contributed by atoms with van der Waals surface area (Å²) in [5.41, 5.74) is 0.152. The molecule has 0 spiro atoms. The van der Waals surface area contributed by atoms with Crippen molar-refractivity contribution in [2.24, 2.45) is 11.8 Å². The van der Waals surface area contributed by atoms with Crippen molar-refractivity contribution in [2.75, 3.05) is 6.54 Å². The summed E-state index contributed by atoms with van der Waals surface area (Å²) >= 11 is 0. The number of nitrogens with zero attached hydrogens (tertiary/aromatic N) is 1. The summed E-state index contributed by atoms with van der Waals surface area (Å²) in [7, 11) is 0. The number of rotatable bonds is 6. The molecule has 0 aromatic carbocycles. The van der Waals surface area contributed by atoms with Crippen molar-refractivity contribution < 1.29 is 19.2 Å². The van der Waals surface area contributed by atoms with E-state index in [9.17, 15) is 9.59 Å². The second-order valence-corrected chi connectivity index (χ2v) is 4.26. The number of carbonyl (C=O) groups is 2. The Bertz CT molecular complexity index is 373. The normalized spacial score (nSPS) is 12.4. The summed E-state index contributed by atoms with van der Waals surface area (Å²) in [6, 6.07) is 1.42. The van der Waals surface area contributed by atoms with Gasteiger partial charge in [0.15, 0.2) is 5.69 Å². The van der Waals surface area contributed by atoms with Crippen molar-refractivity contribution in [3.8, 4) is 0 Å². The minimum absolute atomic E-state index is 0.0964. The maximum atomic E-state index is 11.5. The molecule has 1 atom stereocenters. The van der Waals surface area contributed by atoms with Crippen molar-refractivity contribution in [3.05, 3.63) is 18.0 Å². The van der Waals surface area contributed by atoms with Gasteiger partial charge in [0.05, 0.1) is 5.92 Å². The smallest absolute Gasteiger partial charge is 0.308 e. The van der Waals surface area contributed by atoms with E-state index in [0.29, 0.717) is 6.42 Å². The zero-order chi connectivity index (χ0) is 12.8. The van der Waals surface area contributed by atoms with E-state index < -0.39 is 17.8 Å². The van der Waals surface area contributed by atoms with Gasteiger partial charge in [-0.05, 0) is 12.3 Å². The number of amides is 1. The van der Waals surface area contributed by atoms with Gasteiger partial charge in [-0.3, -0.25) is 9.59 Å². The monoisotopic (exact) mass is 240 g/mol. The Morgan fingerprint density at radius 3 is 2.71 bits per heavy atom. The van der Waals surface area contributed by atoms with E-state index in [2.05, 4.69) is 15.0 Å². The summed E-state index contributed by atoms with van der Waals surface area (Å²) in [4.78, 5) is 22.4. The first kappa shape index (κ1) is 13.2. The Morgan fingerprint density at radius 2 is 2.24 bits per heavy atom. The molecule has 1 aromatic heterocycles. The molecule has 6 nitrogen and oxygen atoms in total. The number of nitrogens with one attached hydrogen (secondary N) is 1. The second kappa shape index (κ2) is 6.03. The van der Waals surface area contributed by atoms with Crippen molar-refractivity contribution in [1.82, 2.24) is 10.5 Å². The van der Waals surface area contributed by atoms with Crippen LogP contribution in [0, 0.1) is 11.8 Å². The highest BCUT2D eigenvalue weighted by Crippen LogP contribution is 2.11. The summed E-state index contributed by atoms with van der Waals surface area (Å²) in [5, 5.41) is 15.0. The average molecular weight is 240 g/mol. The zero-order valence-electron chi connectivity index (χ0n) is 9.84. The van der Waals surface area contributed by atoms with E-state index in [1.807, 2.05) is 13.8 Å². The lowest BCUT2D eigenvalue weighted by atomic mass is 9.97. The highest BCUT2D eigenvalue weighted by molar-refractivity contribution is 5.92. The fraction of sp³-hybridized carbons (Fsp3) is 0.545. The highest BCUT2D eigenvalue weighted by atomic mass is 16.5. The Kier molecular flexibility index (Phi) is 4.68. The minimum atomic E-state index is -0.904. The van der Waals surface area contributed by atoms with Crippen LogP contribution in [0.25, 0.3) is 0 Å². The topological polar surface area (TPSA) is 92.4 Å². The fourth-order valence-corrected chi connectivity index (χ4v) is 1.48. The molecule has 1 unspecified atom stereocenters. The molecule has 1 heterocycles. The largest absolute Gasteiger partial charge is 0.481 e. The molecule has 0 aliphatic carbocycles. The van der Waals surface area contributed by atoms with Crippen LogP contribution >= 0.6 is 0 Å². The Labute approximate surface area is 99.0 Å². The maximum absolute atomic E-state index is 11.5. The number of aliphatic carboxylic acids is 1. The lowest BCUT2D eigenvalue weighted by Crippen LogP contribution is -2.33. The molecule has 0 saturated heterocycles. The van der Waals surface area contributed by atoms with Crippen LogP contribution in [-0.2, 0) is 4.79 Å². The van der Waals surface area contributed by atoms with Crippen molar-refractivity contribution in [2.45, 2.75) is 20.3 Å². The van der Waals surface area contributed by atoms with E-state index in [0.717, 1.165) is 0 Å². The predicted octanol–water partition coefficient (Wildman–Crippen LogP) is 1.15. The van der Waals surface area contributed by atoms with Crippen molar-refractivity contribution in [3.63, 3.8) is 0 Å². The summed E-state index contributed by atoms with van der Waals surface area (Å²) in [5.74, 6) is -1.64. The Hall–Kier alpha value is -1.85. The van der Waals surface area contributed by atoms with Gasteiger partial charge >= 0.3 is 5.97 Å². The first-order chi connectivity index (χ1) is 8.00.